The molecule has 1 saturated heterocycles. The first-order valence-corrected chi connectivity index (χ1v) is 8.78. The van der Waals surface area contributed by atoms with Crippen molar-refractivity contribution >= 4 is 35.4 Å². The molecule has 6 heteroatoms. The van der Waals surface area contributed by atoms with Crippen LogP contribution in [0.25, 0.3) is 12.2 Å². The van der Waals surface area contributed by atoms with Crippen LogP contribution in [0.5, 0.6) is 0 Å². The molecule has 1 amide bonds. The number of benzene rings is 1. The van der Waals surface area contributed by atoms with E-state index < -0.39 is 5.97 Å². The topological polar surface area (TPSA) is 70.5 Å². The van der Waals surface area contributed by atoms with E-state index in [4.69, 9.17) is 5.11 Å². The van der Waals surface area contributed by atoms with Crippen LogP contribution in [0.15, 0.2) is 29.6 Å². The highest BCUT2D eigenvalue weighted by Gasteiger charge is 2.19. The van der Waals surface area contributed by atoms with Crippen molar-refractivity contribution in [1.82, 2.24) is 9.88 Å². The first kappa shape index (κ1) is 16.4. The van der Waals surface area contributed by atoms with Gasteiger partial charge in [-0.2, -0.15) is 0 Å². The van der Waals surface area contributed by atoms with Gasteiger partial charge in [0.05, 0.1) is 0 Å². The summed E-state index contributed by atoms with van der Waals surface area (Å²) in [5.74, 6) is -0.980. The quantitative estimate of drug-likeness (QED) is 0.921. The number of hydrogen-bond acceptors (Lipinski definition) is 4. The Kier molecular flexibility index (Phi) is 5.05. The highest BCUT2D eigenvalue weighted by atomic mass is 32.1. The number of carboxylic acids is 1. The van der Waals surface area contributed by atoms with Gasteiger partial charge in [-0.25, -0.2) is 9.78 Å². The van der Waals surface area contributed by atoms with E-state index in [1.807, 2.05) is 35.2 Å². The minimum absolute atomic E-state index is 0.0392. The number of amides is 1. The molecule has 0 bridgehead atoms. The van der Waals surface area contributed by atoms with Crippen LogP contribution in [-0.4, -0.2) is 40.0 Å². The van der Waals surface area contributed by atoms with E-state index in [1.54, 1.807) is 6.08 Å². The third kappa shape index (κ3) is 3.71. The zero-order valence-electron chi connectivity index (χ0n) is 13.1. The molecule has 2 heterocycles. The van der Waals surface area contributed by atoms with Crippen molar-refractivity contribution in [3.63, 3.8) is 0 Å². The van der Waals surface area contributed by atoms with Crippen LogP contribution in [-0.2, 0) is 0 Å². The van der Waals surface area contributed by atoms with Gasteiger partial charge in [-0.15, -0.1) is 11.3 Å². The molecular formula is C18H18N2O3S. The van der Waals surface area contributed by atoms with Crippen LogP contribution in [0.4, 0.5) is 0 Å². The molecule has 24 heavy (non-hydrogen) atoms. The van der Waals surface area contributed by atoms with Crippen molar-refractivity contribution in [3.8, 4) is 0 Å². The number of thiazole rings is 1. The third-order valence-corrected chi connectivity index (χ3v) is 4.79. The fourth-order valence-electron chi connectivity index (χ4n) is 2.73. The van der Waals surface area contributed by atoms with Gasteiger partial charge in [-0.1, -0.05) is 24.3 Å². The summed E-state index contributed by atoms with van der Waals surface area (Å²) in [5.41, 5.74) is 1.53. The molecule has 1 fully saturated rings. The fraction of sp³-hybridized carbons (Fsp3) is 0.278. The maximum atomic E-state index is 12.7. The minimum Gasteiger partial charge on any atom is -0.476 e. The van der Waals surface area contributed by atoms with Crippen LogP contribution < -0.4 is 0 Å². The predicted molar refractivity (Wildman–Crippen MR) is 94.2 cm³/mol. The van der Waals surface area contributed by atoms with Gasteiger partial charge in [0.1, 0.15) is 5.01 Å². The largest absolute Gasteiger partial charge is 0.476 e. The number of aromatic carboxylic acids is 1. The van der Waals surface area contributed by atoms with Crippen LogP contribution in [0, 0.1) is 0 Å². The van der Waals surface area contributed by atoms with Gasteiger partial charge in [0.25, 0.3) is 5.91 Å². The highest BCUT2D eigenvalue weighted by Crippen LogP contribution is 2.19. The molecule has 0 unspecified atom stereocenters. The second-order valence-electron chi connectivity index (χ2n) is 5.65. The van der Waals surface area contributed by atoms with Gasteiger partial charge in [0.15, 0.2) is 5.69 Å². The molecule has 0 spiro atoms. The molecule has 1 aliphatic heterocycles. The van der Waals surface area contributed by atoms with E-state index in [0.717, 1.165) is 31.5 Å². The standard InChI is InChI=1S/C18H18N2O3S/c21-17(20-10-4-1-5-11-20)14-7-3-2-6-13(14)8-9-16-19-15(12-24-16)18(22)23/h2-3,6-9,12H,1,4-5,10-11H2,(H,22,23)/b9-8+. The Morgan fingerprint density at radius 1 is 1.12 bits per heavy atom. The van der Waals surface area contributed by atoms with Gasteiger partial charge in [-0.3, -0.25) is 4.79 Å². The third-order valence-electron chi connectivity index (χ3n) is 3.98. The monoisotopic (exact) mass is 342 g/mol. The molecule has 0 atom stereocenters. The normalized spacial score (nSPS) is 14.9. The molecule has 3 rings (SSSR count). The van der Waals surface area contributed by atoms with E-state index in [0.29, 0.717) is 10.6 Å². The lowest BCUT2D eigenvalue weighted by Crippen LogP contribution is -2.35. The molecule has 0 radical (unpaired) electrons. The average molecular weight is 342 g/mol. The zero-order chi connectivity index (χ0) is 16.9. The predicted octanol–water partition coefficient (Wildman–Crippen LogP) is 3.64. The second kappa shape index (κ2) is 7.40. The molecular weight excluding hydrogens is 324 g/mol. The lowest BCUT2D eigenvalue weighted by atomic mass is 10.0. The second-order valence-corrected chi connectivity index (χ2v) is 6.54. The number of nitrogens with zero attached hydrogens (tertiary/aromatic N) is 2. The van der Waals surface area contributed by atoms with Crippen molar-refractivity contribution in [2.75, 3.05) is 13.1 Å². The maximum absolute atomic E-state index is 12.7. The zero-order valence-corrected chi connectivity index (χ0v) is 14.0. The molecule has 124 valence electrons. The Bertz CT molecular complexity index is 776. The molecule has 1 aliphatic rings. The Hall–Kier alpha value is -2.47. The number of carbonyl (C=O) groups is 2. The van der Waals surface area contributed by atoms with E-state index in [9.17, 15) is 9.59 Å². The number of aromatic nitrogens is 1. The van der Waals surface area contributed by atoms with E-state index in [2.05, 4.69) is 4.98 Å². The summed E-state index contributed by atoms with van der Waals surface area (Å²) in [7, 11) is 0. The Labute approximate surface area is 144 Å². The van der Waals surface area contributed by atoms with E-state index in [-0.39, 0.29) is 11.6 Å². The minimum atomic E-state index is -1.04. The number of piperidine rings is 1. The lowest BCUT2D eigenvalue weighted by molar-refractivity contribution is 0.0689. The van der Waals surface area contributed by atoms with Crippen LogP contribution >= 0.6 is 11.3 Å². The Balaban J connectivity index is 1.81. The van der Waals surface area contributed by atoms with Crippen molar-refractivity contribution < 1.29 is 14.7 Å². The van der Waals surface area contributed by atoms with Gasteiger partial charge < -0.3 is 10.0 Å². The van der Waals surface area contributed by atoms with Crippen molar-refractivity contribution in [2.45, 2.75) is 19.3 Å². The fourth-order valence-corrected chi connectivity index (χ4v) is 3.41. The number of carboxylic acid groups (broad SMARTS) is 1. The summed E-state index contributed by atoms with van der Waals surface area (Å²) >= 11 is 1.27. The van der Waals surface area contributed by atoms with Crippen LogP contribution in [0.1, 0.15) is 50.7 Å². The van der Waals surface area contributed by atoms with Gasteiger partial charge >= 0.3 is 5.97 Å². The Morgan fingerprint density at radius 3 is 2.58 bits per heavy atom. The molecule has 0 aliphatic carbocycles. The summed E-state index contributed by atoms with van der Waals surface area (Å²) in [6, 6.07) is 7.47. The van der Waals surface area contributed by atoms with Gasteiger partial charge in [0.2, 0.25) is 0 Å². The van der Waals surface area contributed by atoms with Gasteiger partial charge in [0, 0.05) is 24.0 Å². The Morgan fingerprint density at radius 2 is 1.88 bits per heavy atom. The van der Waals surface area contributed by atoms with Crippen LogP contribution in [0.2, 0.25) is 0 Å². The summed E-state index contributed by atoms with van der Waals surface area (Å²) in [5, 5.41) is 11.0. The van der Waals surface area contributed by atoms with Gasteiger partial charge in [-0.05, 0) is 37.0 Å². The summed E-state index contributed by atoms with van der Waals surface area (Å²) in [6.45, 7) is 1.62. The molecule has 0 saturated carbocycles. The molecule has 1 aromatic carbocycles. The van der Waals surface area contributed by atoms with E-state index in [1.165, 1.54) is 23.1 Å². The van der Waals surface area contributed by atoms with E-state index >= 15 is 0 Å². The maximum Gasteiger partial charge on any atom is 0.355 e. The lowest BCUT2D eigenvalue weighted by Gasteiger charge is -2.27. The van der Waals surface area contributed by atoms with Crippen molar-refractivity contribution in [2.24, 2.45) is 0 Å². The first-order valence-electron chi connectivity index (χ1n) is 7.90. The molecule has 5 nitrogen and oxygen atoms in total. The number of likely N-dealkylation sites (tertiary alicyclic amines) is 1. The summed E-state index contributed by atoms with van der Waals surface area (Å²) < 4.78 is 0. The molecule has 1 aromatic heterocycles. The average Bonchev–Trinajstić information content (AvgIpc) is 3.10. The summed E-state index contributed by atoms with van der Waals surface area (Å²) in [4.78, 5) is 29.5. The highest BCUT2D eigenvalue weighted by molar-refractivity contribution is 7.10. The number of hydrogen-bond donors (Lipinski definition) is 1. The van der Waals surface area contributed by atoms with Crippen molar-refractivity contribution in [1.29, 1.82) is 0 Å². The van der Waals surface area contributed by atoms with Crippen LogP contribution in [0.3, 0.4) is 0 Å². The number of rotatable bonds is 4. The van der Waals surface area contributed by atoms with Crippen molar-refractivity contribution in [3.05, 3.63) is 51.5 Å². The molecule has 1 N–H and O–H groups in total. The first-order chi connectivity index (χ1) is 11.6. The smallest absolute Gasteiger partial charge is 0.355 e. The SMILES string of the molecule is O=C(O)c1csc(/C=C/c2ccccc2C(=O)N2CCCCC2)n1. The molecule has 2 aromatic rings. The number of carbonyl (C=O) groups excluding carboxylic acids is 1. The summed E-state index contributed by atoms with van der Waals surface area (Å²) in [6.07, 6.45) is 6.87.